The summed E-state index contributed by atoms with van der Waals surface area (Å²) in [6, 6.07) is 18.9. The Hall–Kier alpha value is -3.52. The maximum atomic E-state index is 13.5. The Labute approximate surface area is 261 Å². The molecule has 1 aliphatic rings. The van der Waals surface area contributed by atoms with Gasteiger partial charge in [0, 0.05) is 37.4 Å². The number of benzene rings is 3. The van der Waals surface area contributed by atoms with Crippen LogP contribution in [0.15, 0.2) is 72.8 Å². The molecule has 0 unspecified atom stereocenters. The largest absolute Gasteiger partial charge is 0.573 e. The van der Waals surface area contributed by atoms with Gasteiger partial charge in [0.15, 0.2) is 0 Å². The normalized spacial score (nSPS) is 15.6. The lowest BCUT2D eigenvalue weighted by Gasteiger charge is -2.26. The fourth-order valence-electron chi connectivity index (χ4n) is 4.88. The minimum absolute atomic E-state index is 0. The Morgan fingerprint density at radius 1 is 1.05 bits per heavy atom. The molecule has 9 nitrogen and oxygen atoms in total. The van der Waals surface area contributed by atoms with Crippen LogP contribution in [-0.2, 0) is 23.0 Å². The first-order valence-electron chi connectivity index (χ1n) is 13.9. The van der Waals surface area contributed by atoms with E-state index in [0.29, 0.717) is 42.9 Å². The highest BCUT2D eigenvalue weighted by Gasteiger charge is 2.31. The third kappa shape index (κ3) is 10.0. The number of aliphatic hydroxyl groups is 1. The number of halogens is 4. The molecule has 0 bridgehead atoms. The summed E-state index contributed by atoms with van der Waals surface area (Å²) in [5, 5.41) is 20.2. The van der Waals surface area contributed by atoms with Gasteiger partial charge in [0.1, 0.15) is 5.75 Å². The Balaban J connectivity index is 0.00000529. The van der Waals surface area contributed by atoms with Crippen LogP contribution >= 0.6 is 12.4 Å². The lowest BCUT2D eigenvalue weighted by atomic mass is 10.00. The minimum Gasteiger partial charge on any atom is -0.406 e. The molecule has 0 aliphatic carbocycles. The number of amides is 1. The van der Waals surface area contributed by atoms with Crippen LogP contribution in [0.5, 0.6) is 5.75 Å². The third-order valence-corrected chi connectivity index (χ3v) is 8.71. The molecule has 0 spiro atoms. The number of alkyl halides is 3. The van der Waals surface area contributed by atoms with E-state index in [2.05, 4.69) is 20.7 Å². The molecule has 4 N–H and O–H groups in total. The van der Waals surface area contributed by atoms with E-state index in [0.717, 1.165) is 5.56 Å². The van der Waals surface area contributed by atoms with Gasteiger partial charge in [-0.1, -0.05) is 42.5 Å². The highest BCUT2D eigenvalue weighted by molar-refractivity contribution is 7.93. The number of aliphatic hydroxyl groups excluding tert-OH is 1. The number of anilines is 2. The maximum absolute atomic E-state index is 13.5. The molecule has 0 radical (unpaired) electrons. The van der Waals surface area contributed by atoms with Crippen molar-refractivity contribution in [3.05, 3.63) is 89.5 Å². The van der Waals surface area contributed by atoms with Gasteiger partial charge in [0.2, 0.25) is 10.0 Å². The molecule has 3 aromatic rings. The first kappa shape index (κ1) is 35.0. The average Bonchev–Trinajstić information content (AvgIpc) is 3.31. The van der Waals surface area contributed by atoms with E-state index in [1.807, 2.05) is 37.3 Å². The lowest BCUT2D eigenvalue weighted by Crippen LogP contribution is -2.48. The van der Waals surface area contributed by atoms with E-state index in [1.54, 1.807) is 18.2 Å². The first-order valence-corrected chi connectivity index (χ1v) is 15.5. The predicted octanol–water partition coefficient (Wildman–Crippen LogP) is 4.47. The monoisotopic (exact) mass is 656 g/mol. The molecule has 1 amide bonds. The predicted molar refractivity (Wildman–Crippen MR) is 166 cm³/mol. The summed E-state index contributed by atoms with van der Waals surface area (Å²) in [4.78, 5) is 13.5. The fraction of sp³-hybridized carbons (Fsp3) is 0.367. The maximum Gasteiger partial charge on any atom is 0.573 e. The van der Waals surface area contributed by atoms with Crippen LogP contribution in [0.2, 0.25) is 0 Å². The summed E-state index contributed by atoms with van der Waals surface area (Å²) in [6.07, 6.45) is -5.09. The van der Waals surface area contributed by atoms with Crippen LogP contribution in [0.3, 0.4) is 0 Å². The number of hydrogen-bond acceptors (Lipinski definition) is 7. The van der Waals surface area contributed by atoms with E-state index in [1.165, 1.54) is 28.6 Å². The van der Waals surface area contributed by atoms with Crippen molar-refractivity contribution in [1.82, 2.24) is 10.6 Å². The summed E-state index contributed by atoms with van der Waals surface area (Å²) in [5.41, 5.74) is 2.59. The Bertz CT molecular complexity index is 1500. The van der Waals surface area contributed by atoms with Crippen LogP contribution in [0.1, 0.15) is 34.8 Å². The van der Waals surface area contributed by atoms with Crippen molar-refractivity contribution in [3.8, 4) is 5.75 Å². The zero-order valence-corrected chi connectivity index (χ0v) is 25.6. The second-order valence-corrected chi connectivity index (χ2v) is 12.2. The number of nitrogens with one attached hydrogen (secondary N) is 3. The molecule has 1 saturated heterocycles. The molecule has 2 atom stereocenters. The van der Waals surface area contributed by atoms with Crippen molar-refractivity contribution in [2.75, 3.05) is 35.0 Å². The van der Waals surface area contributed by atoms with Gasteiger partial charge in [-0.05, 0) is 61.2 Å². The number of nitrogens with zero attached hydrogens (tertiary/aromatic N) is 1. The second kappa shape index (κ2) is 15.5. The smallest absolute Gasteiger partial charge is 0.406 e. The molecule has 0 aromatic heterocycles. The Kier molecular flexibility index (Phi) is 12.3. The molecule has 3 aromatic carbocycles. The quantitative estimate of drug-likeness (QED) is 0.214. The van der Waals surface area contributed by atoms with Crippen molar-refractivity contribution < 1.29 is 36.2 Å². The van der Waals surface area contributed by atoms with Gasteiger partial charge < -0.3 is 25.8 Å². The number of carbonyl (C=O) groups is 1. The number of rotatable bonds is 13. The molecule has 1 aliphatic heterocycles. The van der Waals surface area contributed by atoms with Gasteiger partial charge >= 0.3 is 6.36 Å². The molecular formula is C30H36ClF3N4O5S. The van der Waals surface area contributed by atoms with Crippen molar-refractivity contribution in [2.45, 2.75) is 44.8 Å². The SMILES string of the molecule is CCNc1cc(C(=O)N[C@@H](Cc2ccccc2)[C@H](O)CNCc2cccc(OC(F)(F)F)c2)cc(N2CCCS2(=O)=O)c1.Cl. The average molecular weight is 657 g/mol. The first-order chi connectivity index (χ1) is 20.4. The molecule has 1 fully saturated rings. The van der Waals surface area contributed by atoms with Crippen LogP contribution in [-0.4, -0.2) is 63.3 Å². The van der Waals surface area contributed by atoms with Crippen molar-refractivity contribution in [2.24, 2.45) is 0 Å². The van der Waals surface area contributed by atoms with E-state index < -0.39 is 34.4 Å². The van der Waals surface area contributed by atoms with Gasteiger partial charge in [0.05, 0.1) is 23.6 Å². The summed E-state index contributed by atoms with van der Waals surface area (Å²) >= 11 is 0. The number of sulfonamides is 1. The van der Waals surface area contributed by atoms with E-state index in [-0.39, 0.29) is 42.6 Å². The fourth-order valence-corrected chi connectivity index (χ4v) is 6.43. The summed E-state index contributed by atoms with van der Waals surface area (Å²) < 4.78 is 68.2. The zero-order valence-electron chi connectivity index (χ0n) is 24.0. The summed E-state index contributed by atoms with van der Waals surface area (Å²) in [7, 11) is -3.47. The van der Waals surface area contributed by atoms with Crippen LogP contribution in [0.4, 0.5) is 24.5 Å². The van der Waals surface area contributed by atoms with Crippen molar-refractivity contribution in [1.29, 1.82) is 0 Å². The van der Waals surface area contributed by atoms with Gasteiger partial charge in [-0.2, -0.15) is 0 Å². The Morgan fingerprint density at radius 3 is 2.43 bits per heavy atom. The Morgan fingerprint density at radius 2 is 1.77 bits per heavy atom. The van der Waals surface area contributed by atoms with Crippen molar-refractivity contribution in [3.63, 3.8) is 0 Å². The van der Waals surface area contributed by atoms with Crippen LogP contribution in [0.25, 0.3) is 0 Å². The standard InChI is InChI=1S/C30H35F3N4O5S.ClH/c1-2-35-24-16-23(17-25(18-24)37-12-7-13-43(37,40)41)29(39)36-27(15-21-8-4-3-5-9-21)28(38)20-34-19-22-10-6-11-26(14-22)42-30(31,32)33;/h3-6,8-11,14,16-18,27-28,34-35,38H,2,7,12-13,15,19-20H2,1H3,(H,36,39);1H/t27-,28+;/m0./s1. The highest BCUT2D eigenvalue weighted by Crippen LogP contribution is 2.29. The van der Waals surface area contributed by atoms with Crippen LogP contribution < -0.4 is 25.0 Å². The van der Waals surface area contributed by atoms with Crippen molar-refractivity contribution >= 4 is 39.7 Å². The van der Waals surface area contributed by atoms with E-state index in [9.17, 15) is 31.5 Å². The molecule has 44 heavy (non-hydrogen) atoms. The lowest BCUT2D eigenvalue weighted by molar-refractivity contribution is -0.274. The van der Waals surface area contributed by atoms with Gasteiger partial charge in [-0.3, -0.25) is 9.10 Å². The van der Waals surface area contributed by atoms with Gasteiger partial charge in [-0.25, -0.2) is 8.42 Å². The van der Waals surface area contributed by atoms with Gasteiger partial charge in [0.25, 0.3) is 5.91 Å². The molecule has 14 heteroatoms. The van der Waals surface area contributed by atoms with E-state index in [4.69, 9.17) is 0 Å². The molecule has 1 heterocycles. The summed E-state index contributed by atoms with van der Waals surface area (Å²) in [6.45, 7) is 2.94. The number of ether oxygens (including phenoxy) is 1. The molecule has 0 saturated carbocycles. The molecule has 4 rings (SSSR count). The highest BCUT2D eigenvalue weighted by atomic mass is 35.5. The molecular weight excluding hydrogens is 621 g/mol. The van der Waals surface area contributed by atoms with E-state index >= 15 is 0 Å². The molecule has 240 valence electrons. The van der Waals surface area contributed by atoms with Crippen LogP contribution in [0, 0.1) is 0 Å². The number of hydrogen-bond donors (Lipinski definition) is 4. The minimum atomic E-state index is -4.80. The number of carbonyl (C=O) groups excluding carboxylic acids is 1. The third-order valence-electron chi connectivity index (χ3n) is 6.84. The van der Waals surface area contributed by atoms with Gasteiger partial charge in [-0.15, -0.1) is 25.6 Å². The topological polar surface area (TPSA) is 120 Å². The second-order valence-electron chi connectivity index (χ2n) is 10.2. The zero-order chi connectivity index (χ0) is 31.0. The summed E-state index contributed by atoms with van der Waals surface area (Å²) in [5.74, 6) is -0.796.